The van der Waals surface area contributed by atoms with Crippen molar-refractivity contribution < 1.29 is 4.79 Å². The highest BCUT2D eigenvalue weighted by Gasteiger charge is 1.97. The van der Waals surface area contributed by atoms with Crippen molar-refractivity contribution in [1.29, 1.82) is 0 Å². The Labute approximate surface area is 74.5 Å². The monoisotopic (exact) mass is 182 g/mol. The highest BCUT2D eigenvalue weighted by atomic mass is 16.1. The van der Waals surface area contributed by atoms with E-state index in [-0.39, 0.29) is 6.54 Å². The van der Waals surface area contributed by atoms with Gasteiger partial charge in [0.2, 0.25) is 5.91 Å². The van der Waals surface area contributed by atoms with Crippen molar-refractivity contribution in [2.45, 2.75) is 0 Å². The summed E-state index contributed by atoms with van der Waals surface area (Å²) in [4.78, 5) is 18.2. The Bertz CT molecular complexity index is 301. The summed E-state index contributed by atoms with van der Waals surface area (Å²) in [7, 11) is 0. The number of anilines is 2. The van der Waals surface area contributed by atoms with E-state index in [1.165, 1.54) is 12.4 Å². The molecule has 1 aromatic heterocycles. The van der Waals surface area contributed by atoms with Crippen LogP contribution >= 0.6 is 0 Å². The molecule has 7 nitrogen and oxygen atoms in total. The minimum atomic E-state index is -0.465. The van der Waals surface area contributed by atoms with Crippen LogP contribution in [0, 0.1) is 0 Å². The number of amides is 1. The molecule has 0 saturated heterocycles. The molecule has 70 valence electrons. The fourth-order valence-corrected chi connectivity index (χ4v) is 0.698. The number of nitrogens with two attached hydrogens (primary N) is 2. The maximum Gasteiger partial charge on any atom is 0.236 e. The van der Waals surface area contributed by atoms with E-state index in [2.05, 4.69) is 20.7 Å². The lowest BCUT2D eigenvalue weighted by Crippen LogP contribution is -2.22. The number of carbonyl (C=O) groups is 1. The van der Waals surface area contributed by atoms with Crippen molar-refractivity contribution in [2.24, 2.45) is 11.6 Å². The van der Waals surface area contributed by atoms with Crippen molar-refractivity contribution in [3.8, 4) is 0 Å². The lowest BCUT2D eigenvalue weighted by atomic mass is 10.5. The lowest BCUT2D eigenvalue weighted by molar-refractivity contribution is -0.116. The normalized spacial score (nSPS) is 9.31. The van der Waals surface area contributed by atoms with Crippen LogP contribution in [0.4, 0.5) is 11.6 Å². The number of primary amides is 1. The van der Waals surface area contributed by atoms with E-state index in [1.807, 2.05) is 0 Å². The summed E-state index contributed by atoms with van der Waals surface area (Å²) in [6.45, 7) is 0.0166. The zero-order chi connectivity index (χ0) is 9.68. The first kappa shape index (κ1) is 9.20. The summed E-state index contributed by atoms with van der Waals surface area (Å²) in [6.07, 6.45) is 2.92. The third-order valence-corrected chi connectivity index (χ3v) is 1.23. The molecule has 0 fully saturated rings. The molecule has 0 bridgehead atoms. The van der Waals surface area contributed by atoms with Gasteiger partial charge in [-0.25, -0.2) is 10.8 Å². The van der Waals surface area contributed by atoms with E-state index in [0.29, 0.717) is 11.6 Å². The van der Waals surface area contributed by atoms with Crippen LogP contribution in [0.25, 0.3) is 0 Å². The Hall–Kier alpha value is -1.89. The molecule has 1 amide bonds. The van der Waals surface area contributed by atoms with E-state index in [1.54, 1.807) is 0 Å². The summed E-state index contributed by atoms with van der Waals surface area (Å²) in [5, 5.41) is 2.68. The first-order valence-electron chi connectivity index (χ1n) is 3.53. The van der Waals surface area contributed by atoms with Crippen LogP contribution in [-0.4, -0.2) is 22.4 Å². The highest BCUT2D eigenvalue weighted by Crippen LogP contribution is 2.03. The van der Waals surface area contributed by atoms with Gasteiger partial charge < -0.3 is 16.5 Å². The van der Waals surface area contributed by atoms with Crippen LogP contribution in [0.2, 0.25) is 0 Å². The predicted octanol–water partition coefficient (Wildman–Crippen LogP) is -1.34. The molecule has 0 aliphatic heterocycles. The van der Waals surface area contributed by atoms with Gasteiger partial charge in [-0.2, -0.15) is 0 Å². The van der Waals surface area contributed by atoms with Crippen molar-refractivity contribution in [2.75, 3.05) is 17.3 Å². The molecule has 0 aliphatic carbocycles. The number of rotatable bonds is 4. The van der Waals surface area contributed by atoms with Gasteiger partial charge >= 0.3 is 0 Å². The number of hydrogen-bond donors (Lipinski definition) is 4. The Morgan fingerprint density at radius 3 is 2.77 bits per heavy atom. The molecule has 0 aromatic carbocycles. The molecular formula is C6H10N6O. The largest absolute Gasteiger partial charge is 0.368 e. The smallest absolute Gasteiger partial charge is 0.236 e. The minimum absolute atomic E-state index is 0.0166. The molecular weight excluding hydrogens is 172 g/mol. The Morgan fingerprint density at radius 2 is 2.15 bits per heavy atom. The number of nitrogens with zero attached hydrogens (tertiary/aromatic N) is 2. The topological polar surface area (TPSA) is 119 Å². The van der Waals surface area contributed by atoms with Crippen molar-refractivity contribution in [1.82, 2.24) is 9.97 Å². The van der Waals surface area contributed by atoms with Crippen LogP contribution in [0.1, 0.15) is 0 Å². The summed E-state index contributed by atoms with van der Waals surface area (Å²) in [5.41, 5.74) is 7.25. The van der Waals surface area contributed by atoms with Gasteiger partial charge in [0.05, 0.1) is 18.9 Å². The molecule has 1 rings (SSSR count). The third-order valence-electron chi connectivity index (χ3n) is 1.23. The van der Waals surface area contributed by atoms with Crippen molar-refractivity contribution >= 4 is 17.5 Å². The van der Waals surface area contributed by atoms with Crippen molar-refractivity contribution in [3.05, 3.63) is 12.4 Å². The molecule has 0 radical (unpaired) electrons. The molecule has 1 aromatic rings. The van der Waals surface area contributed by atoms with Gasteiger partial charge in [-0.3, -0.25) is 9.78 Å². The number of nitrogen functional groups attached to an aromatic ring is 1. The molecule has 0 aliphatic rings. The van der Waals surface area contributed by atoms with E-state index < -0.39 is 5.91 Å². The second kappa shape index (κ2) is 4.21. The first-order chi connectivity index (χ1) is 6.22. The molecule has 13 heavy (non-hydrogen) atoms. The molecule has 0 saturated carbocycles. The van der Waals surface area contributed by atoms with E-state index >= 15 is 0 Å². The molecule has 0 atom stereocenters. The zero-order valence-corrected chi connectivity index (χ0v) is 6.82. The van der Waals surface area contributed by atoms with Gasteiger partial charge in [0.15, 0.2) is 5.82 Å². The van der Waals surface area contributed by atoms with E-state index in [9.17, 15) is 4.79 Å². The average Bonchev–Trinajstić information content (AvgIpc) is 2.15. The van der Waals surface area contributed by atoms with Crippen LogP contribution < -0.4 is 22.3 Å². The second-order valence-electron chi connectivity index (χ2n) is 2.25. The van der Waals surface area contributed by atoms with Gasteiger partial charge in [0.1, 0.15) is 5.82 Å². The predicted molar refractivity (Wildman–Crippen MR) is 47.5 cm³/mol. The number of carbonyl (C=O) groups excluding carboxylic acids is 1. The standard InChI is InChI=1S/C6H10N6O/c7-4(13)1-10-5-2-9-3-6(11-5)12-8/h2-3H,1,8H2,(H2,7,13)(H2,10,11,12). The van der Waals surface area contributed by atoms with Crippen LogP contribution in [0.3, 0.4) is 0 Å². The quantitative estimate of drug-likeness (QED) is 0.338. The van der Waals surface area contributed by atoms with E-state index in [4.69, 9.17) is 11.6 Å². The number of aromatic nitrogens is 2. The molecule has 6 N–H and O–H groups in total. The second-order valence-corrected chi connectivity index (χ2v) is 2.25. The Kier molecular flexibility index (Phi) is 2.98. The first-order valence-corrected chi connectivity index (χ1v) is 3.53. The third kappa shape index (κ3) is 2.91. The lowest BCUT2D eigenvalue weighted by Gasteiger charge is -2.03. The van der Waals surface area contributed by atoms with Crippen LogP contribution in [0.5, 0.6) is 0 Å². The van der Waals surface area contributed by atoms with Gasteiger partial charge in [0, 0.05) is 0 Å². The van der Waals surface area contributed by atoms with Crippen molar-refractivity contribution in [3.63, 3.8) is 0 Å². The summed E-state index contributed by atoms with van der Waals surface area (Å²) < 4.78 is 0. The highest BCUT2D eigenvalue weighted by molar-refractivity contribution is 5.78. The molecule has 0 unspecified atom stereocenters. The minimum Gasteiger partial charge on any atom is -0.368 e. The Morgan fingerprint density at radius 1 is 1.46 bits per heavy atom. The zero-order valence-electron chi connectivity index (χ0n) is 6.82. The summed E-state index contributed by atoms with van der Waals surface area (Å²) >= 11 is 0. The Balaban J connectivity index is 2.61. The van der Waals surface area contributed by atoms with Gasteiger partial charge in [-0.15, -0.1) is 0 Å². The maximum atomic E-state index is 10.4. The molecule has 1 heterocycles. The van der Waals surface area contributed by atoms with Gasteiger partial charge in [0.25, 0.3) is 0 Å². The van der Waals surface area contributed by atoms with E-state index in [0.717, 1.165) is 0 Å². The fraction of sp³-hybridized carbons (Fsp3) is 0.167. The molecule has 0 spiro atoms. The SMILES string of the molecule is NNc1cncc(NCC(N)=O)n1. The number of hydrazine groups is 1. The summed E-state index contributed by atoms with van der Waals surface area (Å²) in [5.74, 6) is 5.49. The van der Waals surface area contributed by atoms with Gasteiger partial charge in [-0.1, -0.05) is 0 Å². The van der Waals surface area contributed by atoms with Crippen LogP contribution in [-0.2, 0) is 4.79 Å². The van der Waals surface area contributed by atoms with Crippen LogP contribution in [0.15, 0.2) is 12.4 Å². The average molecular weight is 182 g/mol. The fourth-order valence-electron chi connectivity index (χ4n) is 0.698. The summed E-state index contributed by atoms with van der Waals surface area (Å²) in [6, 6.07) is 0. The number of hydrogen-bond acceptors (Lipinski definition) is 6. The number of nitrogens with one attached hydrogen (secondary N) is 2. The maximum absolute atomic E-state index is 10.4. The van der Waals surface area contributed by atoms with Gasteiger partial charge in [-0.05, 0) is 0 Å². The molecule has 7 heteroatoms.